The molecule has 2 aliphatic heterocycles. The van der Waals surface area contributed by atoms with Crippen molar-refractivity contribution in [2.24, 2.45) is 5.73 Å². The fourth-order valence-electron chi connectivity index (χ4n) is 3.58. The minimum Gasteiger partial charge on any atom is -0.480 e. The fraction of sp³-hybridized carbons (Fsp3) is 0.867. The second-order valence-electron chi connectivity index (χ2n) is 6.19. The van der Waals surface area contributed by atoms with Crippen molar-refractivity contribution in [2.75, 3.05) is 19.6 Å². The molecule has 0 radical (unpaired) electrons. The highest BCUT2D eigenvalue weighted by Gasteiger charge is 2.37. The van der Waals surface area contributed by atoms with Gasteiger partial charge in [-0.05, 0) is 38.6 Å². The lowest BCUT2D eigenvalue weighted by Gasteiger charge is -2.39. The predicted molar refractivity (Wildman–Crippen MR) is 79.8 cm³/mol. The largest absolute Gasteiger partial charge is 0.480 e. The Hall–Kier alpha value is -1.14. The zero-order valence-corrected chi connectivity index (χ0v) is 12.8. The van der Waals surface area contributed by atoms with E-state index in [9.17, 15) is 14.7 Å². The minimum atomic E-state index is -0.712. The quantitative estimate of drug-likeness (QED) is 0.778. The molecule has 0 aliphatic carbocycles. The van der Waals surface area contributed by atoms with E-state index < -0.39 is 5.97 Å². The third-order valence-corrected chi connectivity index (χ3v) is 4.74. The van der Waals surface area contributed by atoms with Crippen LogP contribution in [-0.4, -0.2) is 64.5 Å². The molecule has 0 aromatic heterocycles. The molecule has 0 saturated carbocycles. The van der Waals surface area contributed by atoms with E-state index in [1.165, 1.54) is 0 Å². The summed E-state index contributed by atoms with van der Waals surface area (Å²) in [5.41, 5.74) is 5.90. The molecule has 2 saturated heterocycles. The first-order chi connectivity index (χ1) is 10.0. The molecule has 0 aromatic carbocycles. The van der Waals surface area contributed by atoms with E-state index in [2.05, 4.69) is 4.90 Å². The van der Waals surface area contributed by atoms with Crippen LogP contribution in [-0.2, 0) is 9.59 Å². The number of carboxylic acids is 1. The van der Waals surface area contributed by atoms with Gasteiger partial charge in [0, 0.05) is 19.1 Å². The molecule has 0 spiro atoms. The Morgan fingerprint density at radius 3 is 2.48 bits per heavy atom. The molecule has 6 nitrogen and oxygen atoms in total. The zero-order chi connectivity index (χ0) is 15.4. The van der Waals surface area contributed by atoms with Crippen LogP contribution in [0, 0.1) is 0 Å². The molecule has 3 N–H and O–H groups in total. The number of likely N-dealkylation sites (tertiary alicyclic amines) is 2. The molecule has 6 heteroatoms. The summed E-state index contributed by atoms with van der Waals surface area (Å²) in [6.45, 7) is 4.29. The molecule has 2 fully saturated rings. The average molecular weight is 297 g/mol. The second-order valence-corrected chi connectivity index (χ2v) is 6.19. The lowest BCUT2D eigenvalue weighted by molar-refractivity contribution is -0.144. The van der Waals surface area contributed by atoms with E-state index in [1.807, 2.05) is 11.8 Å². The molecule has 2 rings (SSSR count). The summed E-state index contributed by atoms with van der Waals surface area (Å²) in [6.07, 6.45) is 5.06. The van der Waals surface area contributed by atoms with Crippen LogP contribution in [0.3, 0.4) is 0 Å². The number of aliphatic carboxylic acids is 1. The Bertz CT molecular complexity index is 380. The fourth-order valence-corrected chi connectivity index (χ4v) is 3.58. The molecule has 1 amide bonds. The van der Waals surface area contributed by atoms with Crippen LogP contribution >= 0.6 is 0 Å². The van der Waals surface area contributed by atoms with E-state index >= 15 is 0 Å². The van der Waals surface area contributed by atoms with Gasteiger partial charge in [-0.3, -0.25) is 14.5 Å². The molecule has 0 aromatic rings. The summed E-state index contributed by atoms with van der Waals surface area (Å²) in [4.78, 5) is 27.4. The molecule has 2 unspecified atom stereocenters. The summed E-state index contributed by atoms with van der Waals surface area (Å²) < 4.78 is 0. The predicted octanol–water partition coefficient (Wildman–Crippen LogP) is 0.654. The van der Waals surface area contributed by atoms with Crippen molar-refractivity contribution in [3.05, 3.63) is 0 Å². The number of hydrogen-bond donors (Lipinski definition) is 2. The summed E-state index contributed by atoms with van der Waals surface area (Å²) in [6, 6.07) is -0.426. The van der Waals surface area contributed by atoms with Gasteiger partial charge in [-0.1, -0.05) is 13.3 Å². The maximum atomic E-state index is 12.2. The van der Waals surface area contributed by atoms with Crippen molar-refractivity contribution >= 4 is 11.9 Å². The number of carbonyl (C=O) groups is 2. The van der Waals surface area contributed by atoms with Gasteiger partial charge in [0.2, 0.25) is 5.91 Å². The Morgan fingerprint density at radius 2 is 1.90 bits per heavy atom. The van der Waals surface area contributed by atoms with Gasteiger partial charge in [0.15, 0.2) is 0 Å². The van der Waals surface area contributed by atoms with Crippen molar-refractivity contribution in [1.29, 1.82) is 0 Å². The highest BCUT2D eigenvalue weighted by atomic mass is 16.4. The molecule has 120 valence electrons. The molecular formula is C15H27N3O3. The summed E-state index contributed by atoms with van der Waals surface area (Å²) in [5.74, 6) is -0.664. The highest BCUT2D eigenvalue weighted by Crippen LogP contribution is 2.26. The number of carboxylic acid groups (broad SMARTS) is 1. The van der Waals surface area contributed by atoms with Crippen LogP contribution in [0.2, 0.25) is 0 Å². The van der Waals surface area contributed by atoms with Crippen LogP contribution < -0.4 is 5.73 Å². The number of hydrogen-bond acceptors (Lipinski definition) is 4. The maximum Gasteiger partial charge on any atom is 0.320 e. The van der Waals surface area contributed by atoms with Gasteiger partial charge in [0.05, 0.1) is 6.04 Å². The van der Waals surface area contributed by atoms with Gasteiger partial charge in [-0.25, -0.2) is 0 Å². The summed E-state index contributed by atoms with van der Waals surface area (Å²) in [5, 5.41) is 9.26. The molecule has 2 aliphatic rings. The summed E-state index contributed by atoms with van der Waals surface area (Å²) in [7, 11) is 0. The van der Waals surface area contributed by atoms with E-state index in [4.69, 9.17) is 5.73 Å². The maximum absolute atomic E-state index is 12.2. The van der Waals surface area contributed by atoms with E-state index in [0.717, 1.165) is 45.1 Å². The van der Waals surface area contributed by atoms with Crippen LogP contribution in [0.1, 0.15) is 45.4 Å². The normalized spacial score (nSPS) is 26.0. The molecule has 2 heterocycles. The number of amides is 1. The SMILES string of the molecule is CCCC(N)C(=O)N1CCC(N2CCCC2C(=O)O)CC1. The minimum absolute atomic E-state index is 0.0477. The van der Waals surface area contributed by atoms with Crippen LogP contribution in [0.4, 0.5) is 0 Å². The van der Waals surface area contributed by atoms with Gasteiger partial charge in [-0.2, -0.15) is 0 Å². The standard InChI is InChI=1S/C15H27N3O3/c1-2-4-12(16)14(19)17-9-6-11(7-10-17)18-8-3-5-13(18)15(20)21/h11-13H,2-10,16H2,1H3,(H,20,21). The average Bonchev–Trinajstić information content (AvgIpc) is 2.96. The van der Waals surface area contributed by atoms with Gasteiger partial charge < -0.3 is 15.7 Å². The van der Waals surface area contributed by atoms with Gasteiger partial charge in [-0.15, -0.1) is 0 Å². The summed E-state index contributed by atoms with van der Waals surface area (Å²) >= 11 is 0. The van der Waals surface area contributed by atoms with Crippen LogP contribution in [0.15, 0.2) is 0 Å². The van der Waals surface area contributed by atoms with Gasteiger partial charge in [0.1, 0.15) is 6.04 Å². The first-order valence-electron chi connectivity index (χ1n) is 8.07. The topological polar surface area (TPSA) is 86.9 Å². The Kier molecular flexibility index (Phi) is 5.58. The van der Waals surface area contributed by atoms with Crippen molar-refractivity contribution in [2.45, 2.75) is 63.6 Å². The van der Waals surface area contributed by atoms with Gasteiger partial charge >= 0.3 is 5.97 Å². The number of rotatable bonds is 5. The second kappa shape index (κ2) is 7.22. The number of carbonyl (C=O) groups excluding carboxylic acids is 1. The Labute approximate surface area is 126 Å². The third-order valence-electron chi connectivity index (χ3n) is 4.74. The van der Waals surface area contributed by atoms with E-state index in [1.54, 1.807) is 0 Å². The number of piperidine rings is 1. The van der Waals surface area contributed by atoms with Crippen LogP contribution in [0.5, 0.6) is 0 Å². The van der Waals surface area contributed by atoms with Gasteiger partial charge in [0.25, 0.3) is 0 Å². The zero-order valence-electron chi connectivity index (χ0n) is 12.8. The lowest BCUT2D eigenvalue weighted by Crippen LogP contribution is -2.52. The Balaban J connectivity index is 1.85. The monoisotopic (exact) mass is 297 g/mol. The Morgan fingerprint density at radius 1 is 1.24 bits per heavy atom. The molecule has 2 atom stereocenters. The third kappa shape index (κ3) is 3.74. The molecule has 0 bridgehead atoms. The number of nitrogens with two attached hydrogens (primary N) is 1. The van der Waals surface area contributed by atoms with Crippen molar-refractivity contribution < 1.29 is 14.7 Å². The van der Waals surface area contributed by atoms with Crippen LogP contribution in [0.25, 0.3) is 0 Å². The highest BCUT2D eigenvalue weighted by molar-refractivity contribution is 5.81. The number of nitrogens with zero attached hydrogens (tertiary/aromatic N) is 2. The first kappa shape index (κ1) is 16.2. The van der Waals surface area contributed by atoms with E-state index in [0.29, 0.717) is 19.1 Å². The van der Waals surface area contributed by atoms with Crippen molar-refractivity contribution in [1.82, 2.24) is 9.80 Å². The van der Waals surface area contributed by atoms with Crippen molar-refractivity contribution in [3.63, 3.8) is 0 Å². The van der Waals surface area contributed by atoms with Crippen molar-refractivity contribution in [3.8, 4) is 0 Å². The van der Waals surface area contributed by atoms with E-state index in [-0.39, 0.29) is 18.0 Å². The first-order valence-corrected chi connectivity index (χ1v) is 8.07. The molecular weight excluding hydrogens is 270 g/mol. The lowest BCUT2D eigenvalue weighted by atomic mass is 10.0. The smallest absolute Gasteiger partial charge is 0.320 e. The molecule has 21 heavy (non-hydrogen) atoms.